The third kappa shape index (κ3) is 2.67. The Morgan fingerprint density at radius 3 is 2.09 bits per heavy atom. The van der Waals surface area contributed by atoms with E-state index in [9.17, 15) is 14.7 Å². The predicted octanol–water partition coefficient (Wildman–Crippen LogP) is 2.77. The van der Waals surface area contributed by atoms with E-state index in [1.165, 1.54) is 0 Å². The normalized spacial score (nSPS) is 29.9. The highest BCUT2D eigenvalue weighted by molar-refractivity contribution is 5.95. The maximum atomic E-state index is 12.6. The van der Waals surface area contributed by atoms with Crippen molar-refractivity contribution in [1.29, 1.82) is 0 Å². The van der Waals surface area contributed by atoms with E-state index in [-0.39, 0.29) is 17.7 Å². The molecule has 0 heterocycles. The van der Waals surface area contributed by atoms with E-state index in [0.717, 1.165) is 31.4 Å². The Bertz CT molecular complexity index is 561. The van der Waals surface area contributed by atoms with Crippen LogP contribution in [0.15, 0.2) is 24.3 Å². The lowest BCUT2D eigenvalue weighted by Crippen LogP contribution is -2.49. The predicted molar refractivity (Wildman–Crippen MR) is 81.7 cm³/mol. The standard InChI is InChI=1S/C17H21NO4/c1-22-13-8-6-12(7-9-13)18-16(19)14-10-2-4-11(5-3-10)15(14)17(20)21/h6-11,14-15H,2-5H2,1H3,(H,18,19)(H,20,21)/t10?,11?,14-,15-/m0/s1. The third-order valence-electron chi connectivity index (χ3n) is 5.16. The zero-order valence-electron chi connectivity index (χ0n) is 12.6. The summed E-state index contributed by atoms with van der Waals surface area (Å²) in [7, 11) is 1.59. The van der Waals surface area contributed by atoms with Crippen molar-refractivity contribution < 1.29 is 19.4 Å². The smallest absolute Gasteiger partial charge is 0.307 e. The van der Waals surface area contributed by atoms with Crippen LogP contribution in [-0.4, -0.2) is 24.1 Å². The van der Waals surface area contributed by atoms with Crippen molar-refractivity contribution in [2.45, 2.75) is 25.7 Å². The highest BCUT2D eigenvalue weighted by Gasteiger charge is 2.50. The molecule has 4 rings (SSSR count). The van der Waals surface area contributed by atoms with Gasteiger partial charge >= 0.3 is 5.97 Å². The van der Waals surface area contributed by atoms with Crippen LogP contribution in [0.4, 0.5) is 5.69 Å². The Morgan fingerprint density at radius 2 is 1.59 bits per heavy atom. The molecule has 2 N–H and O–H groups in total. The second-order valence-corrected chi connectivity index (χ2v) is 6.28. The number of methoxy groups -OCH3 is 1. The highest BCUT2D eigenvalue weighted by Crippen LogP contribution is 2.49. The molecule has 1 aromatic rings. The number of nitrogens with one attached hydrogen (secondary N) is 1. The van der Waals surface area contributed by atoms with E-state index in [1.807, 2.05) is 0 Å². The Kier molecular flexibility index (Phi) is 4.05. The number of hydrogen-bond acceptors (Lipinski definition) is 3. The number of amides is 1. The van der Waals surface area contributed by atoms with E-state index in [0.29, 0.717) is 5.69 Å². The van der Waals surface area contributed by atoms with Gasteiger partial charge in [0, 0.05) is 5.69 Å². The fraction of sp³-hybridized carbons (Fsp3) is 0.529. The minimum absolute atomic E-state index is 0.147. The van der Waals surface area contributed by atoms with E-state index in [1.54, 1.807) is 31.4 Å². The van der Waals surface area contributed by atoms with Crippen molar-refractivity contribution in [2.75, 3.05) is 12.4 Å². The molecule has 3 saturated carbocycles. The first-order valence-electron chi connectivity index (χ1n) is 7.78. The summed E-state index contributed by atoms with van der Waals surface area (Å²) in [5, 5.41) is 12.4. The Morgan fingerprint density at radius 1 is 1.05 bits per heavy atom. The number of aliphatic carboxylic acids is 1. The molecule has 2 atom stereocenters. The van der Waals surface area contributed by atoms with Gasteiger partial charge in [-0.25, -0.2) is 0 Å². The number of benzene rings is 1. The zero-order chi connectivity index (χ0) is 15.7. The molecule has 0 aliphatic heterocycles. The summed E-state index contributed by atoms with van der Waals surface area (Å²) < 4.78 is 5.09. The van der Waals surface area contributed by atoms with Crippen LogP contribution < -0.4 is 10.1 Å². The topological polar surface area (TPSA) is 75.6 Å². The molecule has 5 nitrogen and oxygen atoms in total. The monoisotopic (exact) mass is 303 g/mol. The Labute approximate surface area is 129 Å². The summed E-state index contributed by atoms with van der Waals surface area (Å²) in [4.78, 5) is 24.2. The molecule has 0 spiro atoms. The van der Waals surface area contributed by atoms with Crippen molar-refractivity contribution in [3.05, 3.63) is 24.3 Å². The summed E-state index contributed by atoms with van der Waals surface area (Å²) in [6, 6.07) is 7.09. The summed E-state index contributed by atoms with van der Waals surface area (Å²) in [5.74, 6) is -0.870. The number of ether oxygens (including phenoxy) is 1. The van der Waals surface area contributed by atoms with Crippen LogP contribution in [-0.2, 0) is 9.59 Å². The maximum Gasteiger partial charge on any atom is 0.307 e. The molecular weight excluding hydrogens is 282 g/mol. The summed E-state index contributed by atoms with van der Waals surface area (Å²) in [6.45, 7) is 0. The van der Waals surface area contributed by atoms with Crippen LogP contribution in [0, 0.1) is 23.7 Å². The average molecular weight is 303 g/mol. The molecule has 0 aromatic heterocycles. The SMILES string of the molecule is COc1ccc(NC(=O)[C@H]2C3CCC(CC3)[C@@H]2C(=O)O)cc1. The fourth-order valence-electron chi connectivity index (χ4n) is 4.08. The molecule has 1 aromatic carbocycles. The van der Waals surface area contributed by atoms with Gasteiger partial charge in [-0.2, -0.15) is 0 Å². The van der Waals surface area contributed by atoms with Gasteiger partial charge in [0.15, 0.2) is 0 Å². The molecule has 22 heavy (non-hydrogen) atoms. The third-order valence-corrected chi connectivity index (χ3v) is 5.16. The Balaban J connectivity index is 1.76. The number of carbonyl (C=O) groups is 2. The molecule has 0 radical (unpaired) electrons. The molecule has 3 fully saturated rings. The van der Waals surface area contributed by atoms with Gasteiger partial charge in [-0.1, -0.05) is 0 Å². The lowest BCUT2D eigenvalue weighted by atomic mass is 9.58. The van der Waals surface area contributed by atoms with Crippen LogP contribution in [0.5, 0.6) is 5.75 Å². The fourth-order valence-corrected chi connectivity index (χ4v) is 4.08. The largest absolute Gasteiger partial charge is 0.497 e. The first kappa shape index (κ1) is 14.9. The highest BCUT2D eigenvalue weighted by atomic mass is 16.5. The van der Waals surface area contributed by atoms with Crippen LogP contribution in [0.25, 0.3) is 0 Å². The van der Waals surface area contributed by atoms with Crippen molar-refractivity contribution in [2.24, 2.45) is 23.7 Å². The molecule has 3 aliphatic rings. The van der Waals surface area contributed by atoms with Gasteiger partial charge in [-0.3, -0.25) is 9.59 Å². The van der Waals surface area contributed by atoms with E-state index in [2.05, 4.69) is 5.32 Å². The number of carboxylic acid groups (broad SMARTS) is 1. The van der Waals surface area contributed by atoms with Crippen molar-refractivity contribution in [1.82, 2.24) is 0 Å². The summed E-state index contributed by atoms with van der Waals surface area (Å²) in [5.41, 5.74) is 0.677. The lowest BCUT2D eigenvalue weighted by Gasteiger charge is -2.45. The number of rotatable bonds is 4. The number of anilines is 1. The van der Waals surface area contributed by atoms with Gasteiger partial charge in [0.25, 0.3) is 0 Å². The lowest BCUT2D eigenvalue weighted by molar-refractivity contribution is -0.156. The van der Waals surface area contributed by atoms with Gasteiger partial charge in [-0.05, 0) is 61.8 Å². The van der Waals surface area contributed by atoms with Crippen molar-refractivity contribution in [3.63, 3.8) is 0 Å². The zero-order valence-corrected chi connectivity index (χ0v) is 12.6. The molecule has 5 heteroatoms. The van der Waals surface area contributed by atoms with E-state index < -0.39 is 17.8 Å². The molecule has 3 aliphatic carbocycles. The quantitative estimate of drug-likeness (QED) is 0.897. The van der Waals surface area contributed by atoms with Gasteiger partial charge in [-0.15, -0.1) is 0 Å². The average Bonchev–Trinajstić information content (AvgIpc) is 2.55. The summed E-state index contributed by atoms with van der Waals surface area (Å²) >= 11 is 0. The minimum Gasteiger partial charge on any atom is -0.497 e. The van der Waals surface area contributed by atoms with Crippen molar-refractivity contribution in [3.8, 4) is 5.75 Å². The van der Waals surface area contributed by atoms with Crippen LogP contribution in [0.1, 0.15) is 25.7 Å². The van der Waals surface area contributed by atoms with Gasteiger partial charge in [0.2, 0.25) is 5.91 Å². The summed E-state index contributed by atoms with van der Waals surface area (Å²) in [6.07, 6.45) is 3.81. The van der Waals surface area contributed by atoms with E-state index in [4.69, 9.17) is 4.74 Å². The van der Waals surface area contributed by atoms with Gasteiger partial charge < -0.3 is 15.2 Å². The van der Waals surface area contributed by atoms with Gasteiger partial charge in [0.05, 0.1) is 18.9 Å². The first-order valence-corrected chi connectivity index (χ1v) is 7.78. The molecule has 2 bridgehead atoms. The van der Waals surface area contributed by atoms with Crippen LogP contribution in [0.3, 0.4) is 0 Å². The second kappa shape index (κ2) is 5.99. The van der Waals surface area contributed by atoms with Crippen LogP contribution in [0.2, 0.25) is 0 Å². The van der Waals surface area contributed by atoms with Crippen molar-refractivity contribution >= 4 is 17.6 Å². The molecule has 0 saturated heterocycles. The molecule has 0 unspecified atom stereocenters. The number of fused-ring (bicyclic) bond motifs is 3. The number of carbonyl (C=O) groups excluding carboxylic acids is 1. The molecule has 1 amide bonds. The number of hydrogen-bond donors (Lipinski definition) is 2. The molecule has 118 valence electrons. The van der Waals surface area contributed by atoms with Crippen LogP contribution >= 0.6 is 0 Å². The minimum atomic E-state index is -0.829. The first-order chi connectivity index (χ1) is 10.6. The maximum absolute atomic E-state index is 12.6. The van der Waals surface area contributed by atoms with Gasteiger partial charge in [0.1, 0.15) is 5.75 Å². The Hall–Kier alpha value is -2.04. The number of carboxylic acids is 1. The second-order valence-electron chi connectivity index (χ2n) is 6.28. The molecular formula is C17H21NO4. The van der Waals surface area contributed by atoms with E-state index >= 15 is 0 Å².